The first kappa shape index (κ1) is 35.5. The van der Waals surface area contributed by atoms with Gasteiger partial charge < -0.3 is 4.57 Å². The molecule has 0 atom stereocenters. The highest BCUT2D eigenvalue weighted by Gasteiger charge is 2.26. The molecule has 5 heteroatoms. The SMILES string of the molecule is c1ccc(-c2nc(-c3ccccc3-c3ccccc3)nc(-n3c4ccccc4c4ccc5c6ccccc6n(-c6c(-c7ccccc7)cccc6-c6ccccc6)c5c43)n2)cc1. The van der Waals surface area contributed by atoms with Crippen molar-refractivity contribution in [3.63, 3.8) is 0 Å². The third kappa shape index (κ3) is 5.75. The molecule has 62 heavy (non-hydrogen) atoms. The van der Waals surface area contributed by atoms with Crippen LogP contribution in [-0.2, 0) is 0 Å². The number of hydrogen-bond donors (Lipinski definition) is 0. The van der Waals surface area contributed by atoms with Crippen molar-refractivity contribution < 1.29 is 0 Å². The third-order valence-electron chi connectivity index (χ3n) is 12.0. The highest BCUT2D eigenvalue weighted by atomic mass is 15.2. The molecular formula is C57H37N5. The summed E-state index contributed by atoms with van der Waals surface area (Å²) in [4.78, 5) is 16.1. The molecule has 12 rings (SSSR count). The van der Waals surface area contributed by atoms with Crippen molar-refractivity contribution in [2.45, 2.75) is 0 Å². The quantitative estimate of drug-likeness (QED) is 0.162. The Labute approximate surface area is 358 Å². The summed E-state index contributed by atoms with van der Waals surface area (Å²) in [6.07, 6.45) is 0. The third-order valence-corrected chi connectivity index (χ3v) is 12.0. The highest BCUT2D eigenvalue weighted by molar-refractivity contribution is 6.24. The fourth-order valence-electron chi connectivity index (χ4n) is 9.28. The summed E-state index contributed by atoms with van der Waals surface area (Å²) in [5.41, 5.74) is 13.9. The first-order valence-corrected chi connectivity index (χ1v) is 21.0. The zero-order valence-corrected chi connectivity index (χ0v) is 33.6. The number of benzene rings is 9. The molecule has 0 amide bonds. The standard InChI is InChI=1S/C57H37N5/c1-5-20-38(21-6-1)42-28-13-14-31-49(42)56-58-55(41-26-11-4-12-27-41)59-57(60-56)62-51-35-18-16-30-46(51)48-37-36-47-45-29-15-17-34-50(45)61(53(47)54(48)62)52-43(39-22-7-2-8-23-39)32-19-33-44(52)40-24-9-3-10-25-40/h1-37H. The molecule has 0 aliphatic rings. The lowest BCUT2D eigenvalue weighted by atomic mass is 9.95. The fourth-order valence-corrected chi connectivity index (χ4v) is 9.28. The predicted octanol–water partition coefficient (Wildman–Crippen LogP) is 14.4. The molecule has 9 aromatic carbocycles. The van der Waals surface area contributed by atoms with Crippen LogP contribution >= 0.6 is 0 Å². The average Bonchev–Trinajstić information content (AvgIpc) is 3.88. The second-order valence-electron chi connectivity index (χ2n) is 15.6. The summed E-state index contributed by atoms with van der Waals surface area (Å²) in [5, 5.41) is 4.55. The smallest absolute Gasteiger partial charge is 0.238 e. The van der Waals surface area contributed by atoms with Gasteiger partial charge in [0.25, 0.3) is 0 Å². The second kappa shape index (κ2) is 14.7. The molecule has 0 aliphatic carbocycles. The Kier molecular flexibility index (Phi) is 8.42. The van der Waals surface area contributed by atoms with Gasteiger partial charge in [-0.3, -0.25) is 4.57 Å². The van der Waals surface area contributed by atoms with Crippen LogP contribution in [0.5, 0.6) is 0 Å². The lowest BCUT2D eigenvalue weighted by Gasteiger charge is -2.20. The van der Waals surface area contributed by atoms with Gasteiger partial charge in [0.1, 0.15) is 0 Å². The van der Waals surface area contributed by atoms with Gasteiger partial charge in [-0.15, -0.1) is 0 Å². The van der Waals surface area contributed by atoms with Crippen molar-refractivity contribution >= 4 is 43.6 Å². The number of rotatable bonds is 7. The molecule has 12 aromatic rings. The molecule has 3 heterocycles. The summed E-state index contributed by atoms with van der Waals surface area (Å²) in [6.45, 7) is 0. The first-order valence-electron chi connectivity index (χ1n) is 21.0. The Morgan fingerprint density at radius 2 is 0.661 bits per heavy atom. The zero-order chi connectivity index (χ0) is 41.0. The molecular weight excluding hydrogens is 755 g/mol. The van der Waals surface area contributed by atoms with E-state index in [1.807, 2.05) is 24.3 Å². The van der Waals surface area contributed by atoms with Crippen LogP contribution in [0.3, 0.4) is 0 Å². The molecule has 0 unspecified atom stereocenters. The number of para-hydroxylation sites is 3. The van der Waals surface area contributed by atoms with Crippen LogP contribution in [0, 0.1) is 0 Å². The summed E-state index contributed by atoms with van der Waals surface area (Å²) < 4.78 is 4.77. The van der Waals surface area contributed by atoms with Crippen molar-refractivity contribution in [1.82, 2.24) is 24.1 Å². The van der Waals surface area contributed by atoms with E-state index in [4.69, 9.17) is 15.0 Å². The topological polar surface area (TPSA) is 48.5 Å². The Morgan fingerprint density at radius 1 is 0.258 bits per heavy atom. The molecule has 0 radical (unpaired) electrons. The summed E-state index contributed by atoms with van der Waals surface area (Å²) in [7, 11) is 0. The summed E-state index contributed by atoms with van der Waals surface area (Å²) >= 11 is 0. The Balaban J connectivity index is 1.25. The minimum atomic E-state index is 0.548. The van der Waals surface area contributed by atoms with E-state index in [0.717, 1.165) is 88.4 Å². The maximum atomic E-state index is 5.48. The van der Waals surface area contributed by atoms with Gasteiger partial charge in [-0.25, -0.2) is 4.98 Å². The lowest BCUT2D eigenvalue weighted by Crippen LogP contribution is -2.08. The number of fused-ring (bicyclic) bond motifs is 7. The molecule has 3 aromatic heterocycles. The highest BCUT2D eigenvalue weighted by Crippen LogP contribution is 2.45. The van der Waals surface area contributed by atoms with E-state index in [1.54, 1.807) is 0 Å². The van der Waals surface area contributed by atoms with Gasteiger partial charge in [0.05, 0.1) is 27.8 Å². The molecule has 0 aliphatic heterocycles. The summed E-state index contributed by atoms with van der Waals surface area (Å²) in [5.74, 6) is 1.76. The number of aromatic nitrogens is 5. The predicted molar refractivity (Wildman–Crippen MR) is 256 cm³/mol. The van der Waals surface area contributed by atoms with Gasteiger partial charge in [0.15, 0.2) is 11.6 Å². The Hall–Kier alpha value is -8.41. The van der Waals surface area contributed by atoms with Gasteiger partial charge >= 0.3 is 0 Å². The molecule has 0 spiro atoms. The molecule has 0 saturated carbocycles. The molecule has 0 bridgehead atoms. The second-order valence-corrected chi connectivity index (χ2v) is 15.6. The van der Waals surface area contributed by atoms with Gasteiger partial charge in [0.2, 0.25) is 5.95 Å². The van der Waals surface area contributed by atoms with E-state index < -0.39 is 0 Å². The molecule has 290 valence electrons. The van der Waals surface area contributed by atoms with Crippen LogP contribution in [0.25, 0.3) is 111 Å². The molecule has 0 N–H and O–H groups in total. The van der Waals surface area contributed by atoms with E-state index in [1.165, 1.54) is 5.39 Å². The van der Waals surface area contributed by atoms with E-state index >= 15 is 0 Å². The van der Waals surface area contributed by atoms with Crippen molar-refractivity contribution in [3.8, 4) is 67.8 Å². The number of hydrogen-bond acceptors (Lipinski definition) is 3. The van der Waals surface area contributed by atoms with Gasteiger partial charge in [0, 0.05) is 43.8 Å². The van der Waals surface area contributed by atoms with Crippen molar-refractivity contribution in [2.24, 2.45) is 0 Å². The maximum absolute atomic E-state index is 5.48. The zero-order valence-electron chi connectivity index (χ0n) is 33.6. The average molecular weight is 792 g/mol. The lowest BCUT2D eigenvalue weighted by molar-refractivity contribution is 0.953. The van der Waals surface area contributed by atoms with Crippen molar-refractivity contribution in [1.29, 1.82) is 0 Å². The fraction of sp³-hybridized carbons (Fsp3) is 0. The molecule has 0 saturated heterocycles. The molecule has 5 nitrogen and oxygen atoms in total. The monoisotopic (exact) mass is 791 g/mol. The van der Waals surface area contributed by atoms with Crippen LogP contribution in [0.2, 0.25) is 0 Å². The van der Waals surface area contributed by atoms with Crippen LogP contribution in [0.15, 0.2) is 224 Å². The summed E-state index contributed by atoms with van der Waals surface area (Å²) in [6, 6.07) is 79.2. The van der Waals surface area contributed by atoms with E-state index in [9.17, 15) is 0 Å². The van der Waals surface area contributed by atoms with Crippen LogP contribution < -0.4 is 0 Å². The van der Waals surface area contributed by atoms with Crippen molar-refractivity contribution in [2.75, 3.05) is 0 Å². The molecule has 0 fully saturated rings. The Morgan fingerprint density at radius 3 is 1.23 bits per heavy atom. The van der Waals surface area contributed by atoms with E-state index in [-0.39, 0.29) is 0 Å². The van der Waals surface area contributed by atoms with E-state index in [2.05, 4.69) is 209 Å². The van der Waals surface area contributed by atoms with Crippen LogP contribution in [0.1, 0.15) is 0 Å². The van der Waals surface area contributed by atoms with Crippen LogP contribution in [-0.4, -0.2) is 24.1 Å². The largest absolute Gasteiger partial charge is 0.306 e. The van der Waals surface area contributed by atoms with Gasteiger partial charge in [-0.2, -0.15) is 9.97 Å². The van der Waals surface area contributed by atoms with Crippen molar-refractivity contribution in [3.05, 3.63) is 224 Å². The minimum absolute atomic E-state index is 0.548. The van der Waals surface area contributed by atoms with Crippen LogP contribution in [0.4, 0.5) is 0 Å². The minimum Gasteiger partial charge on any atom is -0.306 e. The first-order chi connectivity index (χ1) is 30.8. The van der Waals surface area contributed by atoms with Gasteiger partial charge in [-0.05, 0) is 34.4 Å². The van der Waals surface area contributed by atoms with E-state index in [0.29, 0.717) is 17.6 Å². The Bertz CT molecular complexity index is 3550. The maximum Gasteiger partial charge on any atom is 0.238 e. The van der Waals surface area contributed by atoms with Gasteiger partial charge in [-0.1, -0.05) is 212 Å². The normalized spacial score (nSPS) is 11.5. The number of nitrogens with zero attached hydrogens (tertiary/aromatic N) is 5.